The second-order valence-electron chi connectivity index (χ2n) is 12.4. The molecule has 0 N–H and O–H groups in total. The molecule has 9 rings (SSSR count). The van der Waals surface area contributed by atoms with E-state index in [9.17, 15) is 10.5 Å². The van der Waals surface area contributed by atoms with E-state index in [4.69, 9.17) is 0 Å². The van der Waals surface area contributed by atoms with Crippen molar-refractivity contribution in [1.29, 1.82) is 10.5 Å². The van der Waals surface area contributed by atoms with E-state index in [0.717, 1.165) is 44.5 Å². The van der Waals surface area contributed by atoms with E-state index in [-0.39, 0.29) is 5.92 Å². The summed E-state index contributed by atoms with van der Waals surface area (Å²) in [5, 5.41) is 22.6. The van der Waals surface area contributed by atoms with E-state index in [2.05, 4.69) is 150 Å². The monoisotopic (exact) mass is 609 g/mol. The molecule has 0 aliphatic heterocycles. The van der Waals surface area contributed by atoms with Gasteiger partial charge in [-0.1, -0.05) is 115 Å². The van der Waals surface area contributed by atoms with Gasteiger partial charge in [-0.25, -0.2) is 0 Å². The lowest BCUT2D eigenvalue weighted by Crippen LogP contribution is -2.01. The van der Waals surface area contributed by atoms with Gasteiger partial charge in [0.1, 0.15) is 6.07 Å². The largest absolute Gasteiger partial charge is 0.308 e. The number of benzene rings is 7. The van der Waals surface area contributed by atoms with Gasteiger partial charge >= 0.3 is 0 Å². The molecule has 3 nitrogen and oxygen atoms in total. The van der Waals surface area contributed by atoms with Crippen LogP contribution in [0.3, 0.4) is 0 Å². The summed E-state index contributed by atoms with van der Waals surface area (Å²) < 4.78 is 2.21. The van der Waals surface area contributed by atoms with E-state index in [1.54, 1.807) is 0 Å². The predicted molar refractivity (Wildman–Crippen MR) is 194 cm³/mol. The maximum atomic E-state index is 10.6. The molecule has 0 saturated heterocycles. The lowest BCUT2D eigenvalue weighted by atomic mass is 9.85. The van der Waals surface area contributed by atoms with E-state index >= 15 is 0 Å². The molecule has 8 aromatic rings. The van der Waals surface area contributed by atoms with Crippen LogP contribution in [0, 0.1) is 22.7 Å². The molecule has 1 aromatic heterocycles. The number of para-hydroxylation sites is 2. The van der Waals surface area contributed by atoms with Gasteiger partial charge < -0.3 is 4.57 Å². The molecule has 7 aromatic carbocycles. The summed E-state index contributed by atoms with van der Waals surface area (Å²) >= 11 is 0. The number of rotatable bonds is 4. The van der Waals surface area contributed by atoms with Crippen molar-refractivity contribution >= 4 is 21.8 Å². The minimum Gasteiger partial charge on any atom is -0.308 e. The highest BCUT2D eigenvalue weighted by atomic mass is 15.0. The summed E-state index contributed by atoms with van der Waals surface area (Å²) in [6.45, 7) is 0. The summed E-state index contributed by atoms with van der Waals surface area (Å²) in [5.74, 6) is 0.0127. The Balaban J connectivity index is 1.25. The Morgan fingerprint density at radius 1 is 0.458 bits per heavy atom. The Morgan fingerprint density at radius 3 is 1.83 bits per heavy atom. The van der Waals surface area contributed by atoms with Gasteiger partial charge in [0.05, 0.1) is 33.9 Å². The highest BCUT2D eigenvalue weighted by molar-refractivity contribution is 6.09. The summed E-state index contributed by atoms with van der Waals surface area (Å²) in [7, 11) is 0. The Labute approximate surface area is 278 Å². The number of hydrogen-bond acceptors (Lipinski definition) is 2. The average Bonchev–Trinajstić information content (AvgIpc) is 3.67. The minimum absolute atomic E-state index is 0.0127. The first-order chi connectivity index (χ1) is 23.7. The van der Waals surface area contributed by atoms with Crippen molar-refractivity contribution in [2.24, 2.45) is 0 Å². The van der Waals surface area contributed by atoms with Crippen LogP contribution in [0.25, 0.3) is 60.9 Å². The molecule has 222 valence electrons. The second-order valence-corrected chi connectivity index (χ2v) is 12.4. The topological polar surface area (TPSA) is 52.5 Å². The quantitative estimate of drug-likeness (QED) is 0.199. The predicted octanol–water partition coefficient (Wildman–Crippen LogP) is 11.0. The van der Waals surface area contributed by atoms with Crippen LogP contribution in [0.1, 0.15) is 33.7 Å². The van der Waals surface area contributed by atoms with E-state index in [1.807, 2.05) is 24.3 Å². The summed E-state index contributed by atoms with van der Waals surface area (Å²) in [5.41, 5.74) is 14.5. The number of nitriles is 2. The fourth-order valence-electron chi connectivity index (χ4n) is 7.60. The second kappa shape index (κ2) is 11.0. The molecule has 1 aliphatic rings. The van der Waals surface area contributed by atoms with Crippen molar-refractivity contribution in [3.63, 3.8) is 0 Å². The van der Waals surface area contributed by atoms with Crippen LogP contribution in [-0.2, 0) is 0 Å². The smallest absolute Gasteiger partial charge is 0.101 e. The Morgan fingerprint density at radius 2 is 1.10 bits per heavy atom. The zero-order valence-corrected chi connectivity index (χ0v) is 25.9. The molecule has 0 bridgehead atoms. The van der Waals surface area contributed by atoms with Gasteiger partial charge in [0.15, 0.2) is 0 Å². The van der Waals surface area contributed by atoms with Crippen LogP contribution in [0.2, 0.25) is 0 Å². The first-order valence-corrected chi connectivity index (χ1v) is 16.1. The maximum absolute atomic E-state index is 10.6. The molecule has 0 spiro atoms. The fraction of sp³-hybridized carbons (Fsp3) is 0.0222. The maximum Gasteiger partial charge on any atom is 0.101 e. The summed E-state index contributed by atoms with van der Waals surface area (Å²) in [6, 6.07) is 59.7. The molecule has 0 fully saturated rings. The molecule has 1 atom stereocenters. The van der Waals surface area contributed by atoms with Gasteiger partial charge in [-0.3, -0.25) is 0 Å². The van der Waals surface area contributed by atoms with Gasteiger partial charge in [-0.2, -0.15) is 10.5 Å². The van der Waals surface area contributed by atoms with Crippen LogP contribution in [-0.4, -0.2) is 4.57 Å². The van der Waals surface area contributed by atoms with Gasteiger partial charge in [-0.15, -0.1) is 0 Å². The van der Waals surface area contributed by atoms with E-state index in [1.165, 1.54) is 33.0 Å². The Kier molecular flexibility index (Phi) is 6.32. The molecular weight excluding hydrogens is 583 g/mol. The molecule has 0 amide bonds. The van der Waals surface area contributed by atoms with Crippen LogP contribution >= 0.6 is 0 Å². The fourth-order valence-corrected chi connectivity index (χ4v) is 7.60. The van der Waals surface area contributed by atoms with Crippen molar-refractivity contribution < 1.29 is 0 Å². The Bertz CT molecular complexity index is 2590. The summed E-state index contributed by atoms with van der Waals surface area (Å²) in [4.78, 5) is 0. The lowest BCUT2D eigenvalue weighted by molar-refractivity contribution is 1.02. The number of hydrogen-bond donors (Lipinski definition) is 0. The third kappa shape index (κ3) is 4.27. The highest BCUT2D eigenvalue weighted by Gasteiger charge is 2.30. The number of nitrogens with zero attached hydrogens (tertiary/aromatic N) is 3. The third-order valence-electron chi connectivity index (χ3n) is 9.72. The zero-order chi connectivity index (χ0) is 32.2. The molecule has 1 heterocycles. The lowest BCUT2D eigenvalue weighted by Gasteiger charge is -2.19. The van der Waals surface area contributed by atoms with Crippen molar-refractivity contribution in [2.75, 3.05) is 0 Å². The van der Waals surface area contributed by atoms with Crippen molar-refractivity contribution in [1.82, 2.24) is 4.57 Å². The van der Waals surface area contributed by atoms with E-state index < -0.39 is 0 Å². The first-order valence-electron chi connectivity index (χ1n) is 16.1. The van der Waals surface area contributed by atoms with E-state index in [0.29, 0.717) is 11.1 Å². The molecule has 0 radical (unpaired) electrons. The van der Waals surface area contributed by atoms with Gasteiger partial charge in [0.2, 0.25) is 0 Å². The summed E-state index contributed by atoms with van der Waals surface area (Å²) in [6.07, 6.45) is 0. The molecule has 48 heavy (non-hydrogen) atoms. The third-order valence-corrected chi connectivity index (χ3v) is 9.72. The van der Waals surface area contributed by atoms with Crippen LogP contribution in [0.4, 0.5) is 0 Å². The van der Waals surface area contributed by atoms with Crippen LogP contribution < -0.4 is 0 Å². The molecule has 1 unspecified atom stereocenters. The molecular formula is C45H27N3. The van der Waals surface area contributed by atoms with Gasteiger partial charge in [0.25, 0.3) is 0 Å². The standard InChI is InChI=1S/C45H27N3/c46-27-29-18-20-40-41(22-29)36-12-4-5-15-39(36)45(40)34-25-32(30-10-2-1-3-11-30)24-33(26-34)31-19-21-42(35(23-31)28-47)48-43-16-8-6-13-37(43)38-14-7-9-17-44(38)48/h1-26,45H. The van der Waals surface area contributed by atoms with Crippen LogP contribution in [0.15, 0.2) is 158 Å². The molecule has 0 saturated carbocycles. The Hall–Kier alpha value is -6.68. The number of fused-ring (bicyclic) bond motifs is 6. The van der Waals surface area contributed by atoms with Gasteiger partial charge in [-0.05, 0) is 92.5 Å². The molecule has 3 heteroatoms. The number of aromatic nitrogens is 1. The van der Waals surface area contributed by atoms with Crippen LogP contribution in [0.5, 0.6) is 0 Å². The first kappa shape index (κ1) is 27.6. The SMILES string of the molecule is N#Cc1ccc2c(c1)-c1ccccc1C2c1cc(-c2ccccc2)cc(-c2ccc(-n3c4ccccc4c4ccccc43)c(C#N)c2)c1. The highest BCUT2D eigenvalue weighted by Crippen LogP contribution is 2.49. The normalized spacial score (nSPS) is 13.2. The van der Waals surface area contributed by atoms with Crippen molar-refractivity contribution in [3.8, 4) is 51.2 Å². The minimum atomic E-state index is 0.0127. The molecule has 1 aliphatic carbocycles. The van der Waals surface area contributed by atoms with Crippen molar-refractivity contribution in [2.45, 2.75) is 5.92 Å². The average molecular weight is 610 g/mol. The van der Waals surface area contributed by atoms with Gasteiger partial charge in [0, 0.05) is 16.7 Å². The zero-order valence-electron chi connectivity index (χ0n) is 25.9. The van der Waals surface area contributed by atoms with Crippen molar-refractivity contribution in [3.05, 3.63) is 186 Å².